The molecule has 13 heavy (non-hydrogen) atoms. The van der Waals surface area contributed by atoms with Crippen molar-refractivity contribution >= 4 is 17.7 Å². The molecule has 1 aromatic rings. The Hall–Kier alpha value is -0.623. The van der Waals surface area contributed by atoms with Crippen molar-refractivity contribution in [3.8, 4) is 10.5 Å². The molecule has 1 heteroatoms. The van der Waals surface area contributed by atoms with Crippen molar-refractivity contribution in [3.63, 3.8) is 0 Å². The van der Waals surface area contributed by atoms with Crippen LogP contribution in [0.1, 0.15) is 31.9 Å². The van der Waals surface area contributed by atoms with Crippen molar-refractivity contribution in [2.75, 3.05) is 0 Å². The molecule has 0 radical (unpaired) electrons. The summed E-state index contributed by atoms with van der Waals surface area (Å²) in [6.45, 7) is 6.65. The Bertz CT molecular complexity index is 330. The Morgan fingerprint density at radius 1 is 1.08 bits per heavy atom. The summed E-state index contributed by atoms with van der Waals surface area (Å²) in [6, 6.07) is 8.47. The molecule has 0 spiro atoms. The average molecular weight is 164 g/mol. The van der Waals surface area contributed by atoms with Crippen LogP contribution in [-0.2, 0) is 5.41 Å². The van der Waals surface area contributed by atoms with Crippen LogP contribution in [0, 0.1) is 10.5 Å². The molecule has 0 unspecified atom stereocenters. The first-order valence-electron chi connectivity index (χ1n) is 4.57. The van der Waals surface area contributed by atoms with Gasteiger partial charge < -0.3 is 0 Å². The zero-order valence-corrected chi connectivity index (χ0v) is 8.81. The summed E-state index contributed by atoms with van der Waals surface area (Å²) >= 11 is 1.86. The molecule has 1 aromatic carbocycles. The monoisotopic (exact) mass is 164 g/mol. The average Bonchev–Trinajstić information content (AvgIpc) is 2.04. The molecule has 0 saturated carbocycles. The van der Waals surface area contributed by atoms with E-state index in [9.17, 15) is 0 Å². The summed E-state index contributed by atoms with van der Waals surface area (Å²) in [7, 11) is 0. The zero-order chi connectivity index (χ0) is 9.90. The third-order valence-corrected chi connectivity index (χ3v) is 2.02. The van der Waals surface area contributed by atoms with Gasteiger partial charge in [-0.1, -0.05) is 0 Å². The van der Waals surface area contributed by atoms with Crippen molar-refractivity contribution < 1.29 is 0 Å². The summed E-state index contributed by atoms with van der Waals surface area (Å²) in [6.07, 6.45) is 0. The molecule has 0 aromatic heterocycles. The third kappa shape index (κ3) is 2.96. The Morgan fingerprint density at radius 3 is 2.00 bits per heavy atom. The number of rotatable bonds is 0. The van der Waals surface area contributed by atoms with Crippen LogP contribution in [0.3, 0.4) is 0 Å². The second-order valence-electron chi connectivity index (χ2n) is 4.20. The molecule has 0 N–H and O–H groups in total. The molecule has 0 aliphatic rings. The molecule has 0 aliphatic heterocycles. The quantitative estimate of drug-likeness (QED) is 0.408. The normalized spacial score (nSPS) is 10.5. The first kappa shape index (κ1) is 10.5. The third-order valence-electron chi connectivity index (χ3n) is 2.02. The summed E-state index contributed by atoms with van der Waals surface area (Å²) in [5.74, 6) is 3.04. The second kappa shape index (κ2) is 4.06. The molecule has 0 aliphatic carbocycles. The summed E-state index contributed by atoms with van der Waals surface area (Å²) in [5, 5.41) is 0. The van der Waals surface area contributed by atoms with Crippen LogP contribution in [0.4, 0.5) is 0 Å². The van der Waals surface area contributed by atoms with Crippen LogP contribution >= 0.6 is 0 Å². The molecule has 0 bridgehead atoms. The molecule has 0 saturated heterocycles. The Labute approximate surface area is 89.9 Å². The first-order chi connectivity index (χ1) is 6.04. The van der Waals surface area contributed by atoms with E-state index in [2.05, 4.69) is 55.6 Å². The van der Waals surface area contributed by atoms with Gasteiger partial charge in [0, 0.05) is 0 Å². The predicted molar refractivity (Wildman–Crippen MR) is 57.8 cm³/mol. The molecule has 0 heterocycles. The van der Waals surface area contributed by atoms with Gasteiger partial charge in [0.05, 0.1) is 0 Å². The minimum absolute atomic E-state index is 0.234. The van der Waals surface area contributed by atoms with Crippen molar-refractivity contribution in [3.05, 3.63) is 35.4 Å². The molecule has 1 rings (SSSR count). The van der Waals surface area contributed by atoms with E-state index in [1.54, 1.807) is 0 Å². The van der Waals surface area contributed by atoms with Crippen molar-refractivity contribution in [1.82, 2.24) is 0 Å². The number of benzene rings is 1. The molecular weight excluding hydrogens is 151 g/mol. The molecule has 0 nitrogen and oxygen atoms in total. The van der Waals surface area contributed by atoms with Gasteiger partial charge in [0.2, 0.25) is 0 Å². The standard InChI is InChI=1S/C12H13.Li/c1-5-10-6-8-11(9-7-10)12(2,3)4;/h6-9H,2-4H3;. The van der Waals surface area contributed by atoms with Gasteiger partial charge in [-0.05, 0) is 0 Å². The Balaban J connectivity index is 2.98. The van der Waals surface area contributed by atoms with Gasteiger partial charge in [-0.3, -0.25) is 0 Å². The Morgan fingerprint density at radius 2 is 1.62 bits per heavy atom. The van der Waals surface area contributed by atoms with Gasteiger partial charge >= 0.3 is 89.8 Å². The molecule has 0 amide bonds. The van der Waals surface area contributed by atoms with Gasteiger partial charge in [-0.25, -0.2) is 0 Å². The predicted octanol–water partition coefficient (Wildman–Crippen LogP) is 2.46. The fraction of sp³-hybridized carbons (Fsp3) is 0.333. The van der Waals surface area contributed by atoms with E-state index in [-0.39, 0.29) is 5.41 Å². The van der Waals surface area contributed by atoms with Crippen LogP contribution < -0.4 is 0 Å². The summed E-state index contributed by atoms with van der Waals surface area (Å²) in [4.78, 5) is 0. The summed E-state index contributed by atoms with van der Waals surface area (Å²) < 4.78 is 2.89. The van der Waals surface area contributed by atoms with E-state index in [0.717, 1.165) is 5.56 Å². The van der Waals surface area contributed by atoms with E-state index in [4.69, 9.17) is 0 Å². The topological polar surface area (TPSA) is 0 Å². The Kier molecular flexibility index (Phi) is 3.26. The van der Waals surface area contributed by atoms with E-state index in [1.807, 2.05) is 17.7 Å². The van der Waals surface area contributed by atoms with E-state index in [0.29, 0.717) is 0 Å². The van der Waals surface area contributed by atoms with Crippen molar-refractivity contribution in [2.24, 2.45) is 0 Å². The van der Waals surface area contributed by atoms with E-state index >= 15 is 0 Å². The van der Waals surface area contributed by atoms with Crippen LogP contribution in [0.25, 0.3) is 0 Å². The molecule has 0 fully saturated rings. The van der Waals surface area contributed by atoms with Gasteiger partial charge in [0.1, 0.15) is 0 Å². The molecular formula is C12H13Li. The van der Waals surface area contributed by atoms with Gasteiger partial charge in [0.15, 0.2) is 0 Å². The van der Waals surface area contributed by atoms with Crippen LogP contribution in [0.5, 0.6) is 0 Å². The van der Waals surface area contributed by atoms with E-state index < -0.39 is 0 Å². The van der Waals surface area contributed by atoms with Gasteiger partial charge in [-0.2, -0.15) is 0 Å². The van der Waals surface area contributed by atoms with Crippen LogP contribution in [-0.4, -0.2) is 17.7 Å². The SMILES string of the molecule is [Li][C]#Cc1ccc(C(C)(C)C)cc1. The van der Waals surface area contributed by atoms with Gasteiger partial charge in [-0.15, -0.1) is 0 Å². The summed E-state index contributed by atoms with van der Waals surface area (Å²) in [5.41, 5.74) is 2.68. The first-order valence-corrected chi connectivity index (χ1v) is 4.57. The van der Waals surface area contributed by atoms with Crippen molar-refractivity contribution in [1.29, 1.82) is 0 Å². The molecule has 0 atom stereocenters. The van der Waals surface area contributed by atoms with Gasteiger partial charge in [0.25, 0.3) is 0 Å². The fourth-order valence-electron chi connectivity index (χ4n) is 1.20. The van der Waals surface area contributed by atoms with Crippen LogP contribution in [0.15, 0.2) is 24.3 Å². The zero-order valence-electron chi connectivity index (χ0n) is 8.81. The number of hydrogen-bond donors (Lipinski definition) is 0. The van der Waals surface area contributed by atoms with E-state index in [1.165, 1.54) is 5.56 Å². The maximum absolute atomic E-state index is 3.04. The second-order valence-corrected chi connectivity index (χ2v) is 4.20. The minimum atomic E-state index is 0.234. The maximum atomic E-state index is 3.04. The number of hydrogen-bond acceptors (Lipinski definition) is 0. The van der Waals surface area contributed by atoms with Crippen molar-refractivity contribution in [2.45, 2.75) is 26.2 Å². The molecule has 62 valence electrons. The fourth-order valence-corrected chi connectivity index (χ4v) is 1.20. The van der Waals surface area contributed by atoms with Crippen LogP contribution in [0.2, 0.25) is 0 Å².